The average molecular weight is 535 g/mol. The summed E-state index contributed by atoms with van der Waals surface area (Å²) in [4.78, 5) is 40.3. The highest BCUT2D eigenvalue weighted by atomic mass is 79.9. The summed E-state index contributed by atoms with van der Waals surface area (Å²) < 4.78 is 25.3. The zero-order valence-corrected chi connectivity index (χ0v) is 19.9. The Morgan fingerprint density at radius 3 is 2.67 bits per heavy atom. The molecule has 0 spiro atoms. The number of carbonyl (C=O) groups excluding carboxylic acids is 3. The molecule has 2 fully saturated rings. The van der Waals surface area contributed by atoms with Crippen molar-refractivity contribution < 1.29 is 28.2 Å². The molecule has 2 aliphatic heterocycles. The number of thioether (sulfide) groups is 1. The first-order valence-corrected chi connectivity index (χ1v) is 11.8. The molecule has 0 atom stereocenters. The number of nitrogens with zero attached hydrogens (tertiary/aromatic N) is 2. The van der Waals surface area contributed by atoms with Gasteiger partial charge in [0.15, 0.2) is 0 Å². The Bertz CT molecular complexity index is 1120. The van der Waals surface area contributed by atoms with Gasteiger partial charge in [-0.1, -0.05) is 24.3 Å². The molecule has 0 radical (unpaired) electrons. The van der Waals surface area contributed by atoms with Gasteiger partial charge in [-0.25, -0.2) is 4.39 Å². The fourth-order valence-corrected chi connectivity index (χ4v) is 4.68. The number of hydrogen-bond donors (Lipinski definition) is 0. The van der Waals surface area contributed by atoms with Crippen LogP contribution in [0.1, 0.15) is 11.1 Å². The molecular weight excluding hydrogens is 515 g/mol. The fraction of sp³-hybridized carbons (Fsp3) is 0.261. The lowest BCUT2D eigenvalue weighted by Gasteiger charge is -2.28. The third-order valence-corrected chi connectivity index (χ3v) is 6.65. The minimum absolute atomic E-state index is 0.0701. The van der Waals surface area contributed by atoms with E-state index in [1.807, 2.05) is 0 Å². The number of imide groups is 1. The third-order valence-electron chi connectivity index (χ3n) is 5.13. The van der Waals surface area contributed by atoms with Crippen molar-refractivity contribution in [2.24, 2.45) is 0 Å². The predicted molar refractivity (Wildman–Crippen MR) is 125 cm³/mol. The molecule has 2 aromatic rings. The summed E-state index contributed by atoms with van der Waals surface area (Å²) in [6.45, 7) is 1.58. The van der Waals surface area contributed by atoms with E-state index in [1.54, 1.807) is 47.4 Å². The van der Waals surface area contributed by atoms with Crippen molar-refractivity contribution in [2.45, 2.75) is 6.61 Å². The second-order valence-electron chi connectivity index (χ2n) is 7.33. The first-order valence-electron chi connectivity index (χ1n) is 10.2. The monoisotopic (exact) mass is 534 g/mol. The van der Waals surface area contributed by atoms with Crippen molar-refractivity contribution in [3.05, 3.63) is 68.8 Å². The van der Waals surface area contributed by atoms with Crippen LogP contribution < -0.4 is 4.74 Å². The standard InChI is InChI=1S/C23H20BrFN2O5S/c24-17-11-15(5-6-19(17)32-14-16-3-1-2-4-18(16)25)12-20-22(29)27(23(30)33-20)13-21(28)26-7-9-31-10-8-26/h1-6,11-12H,7-10,13-14H2/b20-12+. The normalized spacial score (nSPS) is 17.7. The van der Waals surface area contributed by atoms with E-state index in [-0.39, 0.29) is 29.8 Å². The number of hydrogen-bond acceptors (Lipinski definition) is 6. The van der Waals surface area contributed by atoms with Crippen molar-refractivity contribution in [1.29, 1.82) is 0 Å². The summed E-state index contributed by atoms with van der Waals surface area (Å²) in [5, 5.41) is -0.475. The minimum atomic E-state index is -0.498. The zero-order chi connectivity index (χ0) is 23.4. The van der Waals surface area contributed by atoms with Crippen LogP contribution in [0.5, 0.6) is 5.75 Å². The second-order valence-corrected chi connectivity index (χ2v) is 9.18. The summed E-state index contributed by atoms with van der Waals surface area (Å²) in [6.07, 6.45) is 1.59. The van der Waals surface area contributed by atoms with Gasteiger partial charge < -0.3 is 14.4 Å². The van der Waals surface area contributed by atoms with Crippen LogP contribution in [0.4, 0.5) is 9.18 Å². The van der Waals surface area contributed by atoms with Crippen molar-refractivity contribution in [3.63, 3.8) is 0 Å². The second kappa shape index (κ2) is 10.5. The van der Waals surface area contributed by atoms with Crippen molar-refractivity contribution in [2.75, 3.05) is 32.8 Å². The molecule has 0 bridgehead atoms. The quantitative estimate of drug-likeness (QED) is 0.520. The minimum Gasteiger partial charge on any atom is -0.488 e. The maximum absolute atomic E-state index is 13.8. The Hall–Kier alpha value is -2.69. The molecule has 7 nitrogen and oxygen atoms in total. The molecule has 2 saturated heterocycles. The smallest absolute Gasteiger partial charge is 0.294 e. The van der Waals surface area contributed by atoms with Crippen LogP contribution in [0.3, 0.4) is 0 Å². The molecule has 172 valence electrons. The van der Waals surface area contributed by atoms with Crippen molar-refractivity contribution >= 4 is 50.8 Å². The van der Waals surface area contributed by atoms with Gasteiger partial charge in [0.1, 0.15) is 24.7 Å². The van der Waals surface area contributed by atoms with Gasteiger partial charge in [-0.05, 0) is 57.5 Å². The molecule has 0 aromatic heterocycles. The highest BCUT2D eigenvalue weighted by Crippen LogP contribution is 2.34. The van der Waals surface area contributed by atoms with E-state index >= 15 is 0 Å². The Balaban J connectivity index is 1.41. The molecule has 0 unspecified atom stereocenters. The van der Waals surface area contributed by atoms with E-state index in [9.17, 15) is 18.8 Å². The highest BCUT2D eigenvalue weighted by Gasteiger charge is 2.37. The summed E-state index contributed by atoms with van der Waals surface area (Å²) in [5.74, 6) is -0.601. The number of benzene rings is 2. The molecule has 2 heterocycles. The summed E-state index contributed by atoms with van der Waals surface area (Å²) >= 11 is 4.23. The first-order chi connectivity index (χ1) is 15.9. The molecule has 2 aromatic carbocycles. The van der Waals surface area contributed by atoms with E-state index in [0.29, 0.717) is 47.7 Å². The van der Waals surface area contributed by atoms with Gasteiger partial charge in [0, 0.05) is 18.7 Å². The van der Waals surface area contributed by atoms with Gasteiger partial charge >= 0.3 is 0 Å². The van der Waals surface area contributed by atoms with E-state index in [2.05, 4.69) is 15.9 Å². The van der Waals surface area contributed by atoms with Crippen molar-refractivity contribution in [1.82, 2.24) is 9.80 Å². The molecule has 0 aliphatic carbocycles. The largest absolute Gasteiger partial charge is 0.488 e. The SMILES string of the molecule is O=C(CN1C(=O)S/C(=C/c2ccc(OCc3ccccc3F)c(Br)c2)C1=O)N1CCOCC1. The summed E-state index contributed by atoms with van der Waals surface area (Å²) in [6, 6.07) is 11.5. The van der Waals surface area contributed by atoms with Crippen LogP contribution in [-0.2, 0) is 20.9 Å². The molecule has 33 heavy (non-hydrogen) atoms. The van der Waals surface area contributed by atoms with Crippen LogP contribution in [0.2, 0.25) is 0 Å². The zero-order valence-electron chi connectivity index (χ0n) is 17.5. The molecule has 10 heteroatoms. The number of morpholine rings is 1. The third kappa shape index (κ3) is 5.63. The number of amides is 3. The first kappa shape index (κ1) is 23.5. The van der Waals surface area contributed by atoms with Gasteiger partial charge in [0.25, 0.3) is 11.1 Å². The number of halogens is 2. The maximum atomic E-state index is 13.8. The predicted octanol–water partition coefficient (Wildman–Crippen LogP) is 4.06. The number of ether oxygens (including phenoxy) is 2. The van der Waals surface area contributed by atoms with Gasteiger partial charge in [-0.15, -0.1) is 0 Å². The van der Waals surface area contributed by atoms with E-state index < -0.39 is 11.1 Å². The number of rotatable bonds is 6. The van der Waals surface area contributed by atoms with Crippen LogP contribution in [0.25, 0.3) is 6.08 Å². The van der Waals surface area contributed by atoms with Gasteiger partial charge in [-0.3, -0.25) is 19.3 Å². The highest BCUT2D eigenvalue weighted by molar-refractivity contribution is 9.10. The molecule has 4 rings (SSSR count). The van der Waals surface area contributed by atoms with Crippen LogP contribution >= 0.6 is 27.7 Å². The Morgan fingerprint density at radius 2 is 1.94 bits per heavy atom. The van der Waals surface area contributed by atoms with Crippen LogP contribution in [0, 0.1) is 5.82 Å². The number of carbonyl (C=O) groups is 3. The van der Waals surface area contributed by atoms with Crippen LogP contribution in [-0.4, -0.2) is 59.7 Å². The maximum Gasteiger partial charge on any atom is 0.294 e. The van der Waals surface area contributed by atoms with E-state index in [1.165, 1.54) is 6.07 Å². The molecular formula is C23H20BrFN2O5S. The van der Waals surface area contributed by atoms with E-state index in [0.717, 1.165) is 16.7 Å². The Morgan fingerprint density at radius 1 is 1.18 bits per heavy atom. The summed E-state index contributed by atoms with van der Waals surface area (Å²) in [5.41, 5.74) is 1.11. The Labute approximate surface area is 202 Å². The van der Waals surface area contributed by atoms with Crippen LogP contribution in [0.15, 0.2) is 51.8 Å². The lowest BCUT2D eigenvalue weighted by molar-refractivity contribution is -0.139. The molecule has 2 aliphatic rings. The molecule has 0 saturated carbocycles. The summed E-state index contributed by atoms with van der Waals surface area (Å²) in [7, 11) is 0. The van der Waals surface area contributed by atoms with Gasteiger partial charge in [-0.2, -0.15) is 0 Å². The average Bonchev–Trinajstić information content (AvgIpc) is 3.07. The van der Waals surface area contributed by atoms with E-state index in [4.69, 9.17) is 9.47 Å². The molecule has 0 N–H and O–H groups in total. The lowest BCUT2D eigenvalue weighted by Crippen LogP contribution is -2.46. The van der Waals surface area contributed by atoms with Crippen molar-refractivity contribution in [3.8, 4) is 5.75 Å². The Kier molecular flexibility index (Phi) is 7.46. The topological polar surface area (TPSA) is 76.2 Å². The van der Waals surface area contributed by atoms with Gasteiger partial charge in [0.2, 0.25) is 5.91 Å². The van der Waals surface area contributed by atoms with Gasteiger partial charge in [0.05, 0.1) is 22.6 Å². The molecule has 3 amide bonds. The fourth-order valence-electron chi connectivity index (χ4n) is 3.33. The lowest BCUT2D eigenvalue weighted by atomic mass is 10.2.